The minimum Gasteiger partial charge on any atom is -0.378 e. The van der Waals surface area contributed by atoms with Gasteiger partial charge in [0, 0.05) is 45.1 Å². The van der Waals surface area contributed by atoms with E-state index in [-0.39, 0.29) is 33.5 Å². The van der Waals surface area contributed by atoms with Crippen molar-refractivity contribution in [3.8, 4) is 5.69 Å². The molecule has 2 atom stereocenters. The molecular formula is C37H41F3N6O4. The molecule has 0 saturated carbocycles. The highest BCUT2D eigenvalue weighted by atomic mass is 19.4. The van der Waals surface area contributed by atoms with Crippen LogP contribution in [0.1, 0.15) is 48.3 Å². The smallest absolute Gasteiger partial charge is 0.378 e. The van der Waals surface area contributed by atoms with E-state index in [1.54, 1.807) is 23.9 Å². The van der Waals surface area contributed by atoms with Crippen molar-refractivity contribution < 1.29 is 35.1 Å². The quantitative estimate of drug-likeness (QED) is 0.210. The van der Waals surface area contributed by atoms with Crippen LogP contribution in [0.3, 0.4) is 0 Å². The number of anilines is 1. The molecule has 0 unspecified atom stereocenters. The Balaban J connectivity index is 0.00000302. The van der Waals surface area contributed by atoms with Crippen molar-refractivity contribution in [3.63, 3.8) is 0 Å². The highest BCUT2D eigenvalue weighted by molar-refractivity contribution is 6.05. The van der Waals surface area contributed by atoms with Crippen molar-refractivity contribution in [1.82, 2.24) is 25.3 Å². The molecule has 3 heterocycles. The van der Waals surface area contributed by atoms with Crippen LogP contribution in [0.25, 0.3) is 5.69 Å². The molecule has 1 fully saturated rings. The monoisotopic (exact) mass is 690 g/mol. The number of benzene rings is 3. The number of halogens is 3. The summed E-state index contributed by atoms with van der Waals surface area (Å²) < 4.78 is 47.4. The highest BCUT2D eigenvalue weighted by Gasteiger charge is 2.44. The molecule has 3 aromatic carbocycles. The van der Waals surface area contributed by atoms with E-state index in [0.29, 0.717) is 42.3 Å². The Morgan fingerprint density at radius 3 is 2.48 bits per heavy atom. The van der Waals surface area contributed by atoms with Gasteiger partial charge in [-0.1, -0.05) is 55.1 Å². The summed E-state index contributed by atoms with van der Waals surface area (Å²) in [5, 5.41) is 10.3. The number of alkyl halides is 3. The van der Waals surface area contributed by atoms with Gasteiger partial charge in [-0.3, -0.25) is 24.2 Å². The van der Waals surface area contributed by atoms with Gasteiger partial charge in [0.05, 0.1) is 36.7 Å². The van der Waals surface area contributed by atoms with Crippen LogP contribution in [0, 0.1) is 0 Å². The van der Waals surface area contributed by atoms with Crippen molar-refractivity contribution in [2.45, 2.75) is 37.6 Å². The largest absolute Gasteiger partial charge is 0.416 e. The first-order valence-corrected chi connectivity index (χ1v) is 16.2. The molecule has 0 radical (unpaired) electrons. The maximum absolute atomic E-state index is 14.3. The number of hydrogen-bond acceptors (Lipinski definition) is 6. The lowest BCUT2D eigenvalue weighted by molar-refractivity contribution is -0.137. The Morgan fingerprint density at radius 1 is 1.06 bits per heavy atom. The molecule has 0 bridgehead atoms. The van der Waals surface area contributed by atoms with Crippen molar-refractivity contribution in [3.05, 3.63) is 125 Å². The van der Waals surface area contributed by atoms with E-state index in [0.717, 1.165) is 29.4 Å². The molecule has 13 heteroatoms. The van der Waals surface area contributed by atoms with Gasteiger partial charge < -0.3 is 15.4 Å². The highest BCUT2D eigenvalue weighted by Crippen LogP contribution is 2.42. The maximum atomic E-state index is 14.3. The number of amides is 3. The Labute approximate surface area is 290 Å². The average Bonchev–Trinajstić information content (AvgIpc) is 3.51. The number of likely N-dealkylation sites (N-methyl/N-ethyl adjacent to an activating group) is 2. The maximum Gasteiger partial charge on any atom is 0.416 e. The molecule has 10 nitrogen and oxygen atoms in total. The van der Waals surface area contributed by atoms with Gasteiger partial charge in [0.1, 0.15) is 11.9 Å². The zero-order chi connectivity index (χ0) is 35.6. The third kappa shape index (κ3) is 7.05. The molecule has 0 aliphatic carbocycles. The topological polar surface area (TPSA) is 109 Å². The van der Waals surface area contributed by atoms with Crippen LogP contribution in [0.15, 0.2) is 97.2 Å². The summed E-state index contributed by atoms with van der Waals surface area (Å²) in [6.45, 7) is 7.77. The molecule has 3 amide bonds. The second-order valence-electron chi connectivity index (χ2n) is 12.4. The van der Waals surface area contributed by atoms with Crippen LogP contribution >= 0.6 is 0 Å². The molecule has 2 aliphatic heterocycles. The Bertz CT molecular complexity index is 1920. The van der Waals surface area contributed by atoms with Crippen LogP contribution < -0.4 is 15.5 Å². The van der Waals surface area contributed by atoms with Gasteiger partial charge in [-0.05, 0) is 55.4 Å². The van der Waals surface area contributed by atoms with Gasteiger partial charge >= 0.3 is 6.18 Å². The number of nitrogens with zero attached hydrogens (tertiary/aromatic N) is 4. The Morgan fingerprint density at radius 2 is 1.80 bits per heavy atom. The normalized spacial score (nSPS) is 17.6. The Hall–Kier alpha value is -5.27. The number of hydrogen-bond donors (Lipinski definition) is 2. The zero-order valence-corrected chi connectivity index (χ0v) is 27.6. The summed E-state index contributed by atoms with van der Waals surface area (Å²) >= 11 is 0. The summed E-state index contributed by atoms with van der Waals surface area (Å²) in [7, 11) is 1.91. The second kappa shape index (κ2) is 14.3. The van der Waals surface area contributed by atoms with Crippen LogP contribution in [-0.2, 0) is 27.0 Å². The third-order valence-corrected chi connectivity index (χ3v) is 9.05. The zero-order valence-electron chi connectivity index (χ0n) is 27.6. The summed E-state index contributed by atoms with van der Waals surface area (Å²) in [6, 6.07) is 19.7. The predicted molar refractivity (Wildman–Crippen MR) is 185 cm³/mol. The fourth-order valence-electron chi connectivity index (χ4n) is 6.26. The van der Waals surface area contributed by atoms with E-state index < -0.39 is 35.5 Å². The van der Waals surface area contributed by atoms with Crippen LogP contribution in [0.4, 0.5) is 19.0 Å². The fourth-order valence-corrected chi connectivity index (χ4v) is 6.26. The van der Waals surface area contributed by atoms with E-state index >= 15 is 0 Å². The number of carbonyl (C=O) groups is 3. The number of fused-ring (bicyclic) bond motifs is 1. The average molecular weight is 691 g/mol. The summed E-state index contributed by atoms with van der Waals surface area (Å²) in [5.74, 6) is -1.81. The van der Waals surface area contributed by atoms with Crippen LogP contribution in [-0.4, -0.2) is 77.8 Å². The lowest BCUT2D eigenvalue weighted by Crippen LogP contribution is -2.55. The number of para-hydroxylation sites is 1. The van der Waals surface area contributed by atoms with Gasteiger partial charge in [0.15, 0.2) is 0 Å². The fraction of sp³-hybridized carbons (Fsp3) is 0.297. The van der Waals surface area contributed by atoms with Gasteiger partial charge in [0.25, 0.3) is 11.8 Å². The molecule has 264 valence electrons. The van der Waals surface area contributed by atoms with Crippen molar-refractivity contribution in [2.24, 2.45) is 0 Å². The minimum atomic E-state index is -4.65. The van der Waals surface area contributed by atoms with Gasteiger partial charge in [0.2, 0.25) is 5.91 Å². The third-order valence-electron chi connectivity index (χ3n) is 9.05. The van der Waals surface area contributed by atoms with Gasteiger partial charge in [-0.25, -0.2) is 4.68 Å². The van der Waals surface area contributed by atoms with Gasteiger partial charge in [-0.2, -0.15) is 18.3 Å². The molecule has 1 aromatic heterocycles. The van der Waals surface area contributed by atoms with E-state index in [1.165, 1.54) is 11.0 Å². The number of carbonyl (C=O) groups excluding carboxylic acids is 3. The lowest BCUT2D eigenvalue weighted by atomic mass is 9.81. The molecular weight excluding hydrogens is 649 g/mol. The molecule has 0 spiro atoms. The summed E-state index contributed by atoms with van der Waals surface area (Å²) in [4.78, 5) is 44.4. The summed E-state index contributed by atoms with van der Waals surface area (Å²) in [6.07, 6.45) is -3.00. The van der Waals surface area contributed by atoms with E-state index in [1.807, 2.05) is 60.5 Å². The number of rotatable bonds is 11. The number of ether oxygens (including phenoxy) is 1. The first kappa shape index (κ1) is 34.6. The molecule has 1 saturated heterocycles. The van der Waals surface area contributed by atoms with E-state index in [2.05, 4.69) is 22.3 Å². The molecule has 2 aliphatic rings. The second-order valence-corrected chi connectivity index (χ2v) is 12.4. The first-order valence-electron chi connectivity index (χ1n) is 16.2. The minimum absolute atomic E-state index is 0. The van der Waals surface area contributed by atoms with E-state index in [4.69, 9.17) is 4.74 Å². The van der Waals surface area contributed by atoms with Crippen molar-refractivity contribution in [2.75, 3.05) is 38.3 Å². The molecule has 50 heavy (non-hydrogen) atoms. The van der Waals surface area contributed by atoms with Crippen LogP contribution in [0.2, 0.25) is 0 Å². The van der Waals surface area contributed by atoms with E-state index in [9.17, 15) is 27.6 Å². The molecule has 2 N–H and O–H groups in total. The molecule has 4 aromatic rings. The Kier molecular flexibility index (Phi) is 9.89. The van der Waals surface area contributed by atoms with Crippen LogP contribution in [0.5, 0.6) is 0 Å². The SMILES string of the molecule is C=C(CN(C)C1COC1)C(=O)NCc1cccc([C@H]2c3cnn(-c4ccccc4)c3N(CC)C(=O)[C@@H]2NC(=O)c2cccc(C(F)(F)F)c2)c1.[HH].[HH]. The standard InChI is InChI=1S/C37H37F3N6O4.2H2/c1-4-45-35-30(19-42-46(35)28-14-6-5-7-15-28)31(32(36(45)49)43-34(48)26-12-9-13-27(17-26)37(38,39)40)25-11-8-10-24(16-25)18-41-33(47)23(2)20-44(3)29-21-50-22-29;;/h5-17,19,29,31-32H,2,4,18,20-22H2,1,3H3,(H,41,47)(H,43,48);2*1H/t31-,32+;;/m0../s1. The van der Waals surface area contributed by atoms with Gasteiger partial charge in [-0.15, -0.1) is 0 Å². The van der Waals surface area contributed by atoms with Crippen molar-refractivity contribution >= 4 is 23.5 Å². The number of aromatic nitrogens is 2. The first-order chi connectivity index (χ1) is 24.0. The summed E-state index contributed by atoms with van der Waals surface area (Å²) in [5.41, 5.74) is 1.94. The number of nitrogens with one attached hydrogen (secondary N) is 2. The lowest BCUT2D eigenvalue weighted by Gasteiger charge is -2.38. The predicted octanol–water partition coefficient (Wildman–Crippen LogP) is 5.18. The van der Waals surface area contributed by atoms with Crippen molar-refractivity contribution in [1.29, 1.82) is 0 Å². The molecule has 6 rings (SSSR count).